The summed E-state index contributed by atoms with van der Waals surface area (Å²) < 4.78 is 4.66. The highest BCUT2D eigenvalue weighted by molar-refractivity contribution is 7.80. The van der Waals surface area contributed by atoms with E-state index < -0.39 is 8.22 Å². The van der Waals surface area contributed by atoms with Crippen LogP contribution in [0.5, 0.6) is 0 Å². The molecule has 1 fully saturated rings. The zero-order chi connectivity index (χ0) is 21.6. The van der Waals surface area contributed by atoms with Gasteiger partial charge in [0.2, 0.25) is 0 Å². The predicted octanol–water partition coefficient (Wildman–Crippen LogP) is 5.29. The van der Waals surface area contributed by atoms with Crippen LogP contribution in [0.3, 0.4) is 0 Å². The number of rotatable bonds is 6. The molecule has 0 bridgehead atoms. The molecule has 1 unspecified atom stereocenters. The number of hydrogen-bond donors (Lipinski definition) is 4. The van der Waals surface area contributed by atoms with Gasteiger partial charge in [-0.3, -0.25) is 5.50 Å². The monoisotopic (exact) mass is 448 g/mol. The van der Waals surface area contributed by atoms with Crippen molar-refractivity contribution >= 4 is 26.7 Å². The fourth-order valence-electron chi connectivity index (χ4n) is 4.13. The number of hydrogen-bond acceptors (Lipinski definition) is 4. The van der Waals surface area contributed by atoms with Gasteiger partial charge in [-0.2, -0.15) is 0 Å². The molecule has 3 aromatic rings. The molecule has 3 aromatic carbocycles. The lowest BCUT2D eigenvalue weighted by Gasteiger charge is -2.23. The normalized spacial score (nSPS) is 16.3. The summed E-state index contributed by atoms with van der Waals surface area (Å²) in [5, 5.41) is 3.43. The standard InChI is InChI=1S/C25H29N4PS/c26-25(29-30(27)17-18-5-2-1-3-6-18)24-22(7-4-8-23(24)31)21-11-9-19(10-12-21)20-13-15-28-16-14-20/h1-12,20,28,31H,13-17,27H2,(H2,26,29). The lowest BCUT2D eigenvalue weighted by molar-refractivity contribution is 0.460. The third-order valence-corrected chi connectivity index (χ3v) is 7.29. The summed E-state index contributed by atoms with van der Waals surface area (Å²) in [5.74, 6) is 1.09. The van der Waals surface area contributed by atoms with E-state index in [0.29, 0.717) is 17.9 Å². The lowest BCUT2D eigenvalue weighted by Crippen LogP contribution is -2.26. The Balaban J connectivity index is 1.59. The molecular formula is C25H29N4PS. The van der Waals surface area contributed by atoms with E-state index in [0.717, 1.165) is 34.7 Å². The Morgan fingerprint density at radius 3 is 2.39 bits per heavy atom. The molecular weight excluding hydrogens is 419 g/mol. The highest BCUT2D eigenvalue weighted by atomic mass is 32.1. The number of amidine groups is 1. The van der Waals surface area contributed by atoms with Crippen molar-refractivity contribution in [2.24, 2.45) is 16.0 Å². The van der Waals surface area contributed by atoms with E-state index in [1.54, 1.807) is 0 Å². The molecule has 1 heterocycles. The summed E-state index contributed by atoms with van der Waals surface area (Å²) in [7, 11) is -1.10. The van der Waals surface area contributed by atoms with Gasteiger partial charge in [0.25, 0.3) is 0 Å². The SMILES string of the molecule is N/C(=N\P(N)Cc1ccccc1)c1c(S)cccc1-c1ccc(C2CCNCC2)cc1. The predicted molar refractivity (Wildman–Crippen MR) is 136 cm³/mol. The number of benzene rings is 3. The van der Waals surface area contributed by atoms with Crippen molar-refractivity contribution in [3.8, 4) is 11.1 Å². The number of nitrogens with two attached hydrogens (primary N) is 2. The van der Waals surface area contributed by atoms with Crippen molar-refractivity contribution in [1.82, 2.24) is 5.32 Å². The molecule has 1 saturated heterocycles. The minimum atomic E-state index is -1.10. The molecule has 0 amide bonds. The van der Waals surface area contributed by atoms with Gasteiger partial charge in [0.05, 0.1) is 8.22 Å². The van der Waals surface area contributed by atoms with Gasteiger partial charge in [-0.25, -0.2) is 4.76 Å². The fraction of sp³-hybridized carbons (Fsp3) is 0.240. The number of piperidine rings is 1. The van der Waals surface area contributed by atoms with Crippen molar-refractivity contribution in [2.45, 2.75) is 29.8 Å². The Labute approximate surface area is 191 Å². The van der Waals surface area contributed by atoms with Crippen molar-refractivity contribution in [1.29, 1.82) is 0 Å². The molecule has 0 aromatic heterocycles. The van der Waals surface area contributed by atoms with Gasteiger partial charge < -0.3 is 11.1 Å². The van der Waals surface area contributed by atoms with E-state index >= 15 is 0 Å². The smallest absolute Gasteiger partial charge is 0.132 e. The average Bonchev–Trinajstić information content (AvgIpc) is 2.80. The third-order valence-electron chi connectivity index (χ3n) is 5.75. The minimum absolute atomic E-state index is 0.451. The summed E-state index contributed by atoms with van der Waals surface area (Å²) in [6.45, 7) is 2.19. The van der Waals surface area contributed by atoms with Crippen LogP contribution in [0.1, 0.15) is 35.4 Å². The Bertz CT molecular complexity index is 1030. The molecule has 6 heteroatoms. The van der Waals surface area contributed by atoms with Gasteiger partial charge in [0, 0.05) is 16.6 Å². The third kappa shape index (κ3) is 5.55. The molecule has 1 aliphatic rings. The average molecular weight is 449 g/mol. The van der Waals surface area contributed by atoms with Crippen LogP contribution < -0.4 is 16.6 Å². The number of thiol groups is 1. The van der Waals surface area contributed by atoms with Gasteiger partial charge >= 0.3 is 0 Å². The van der Waals surface area contributed by atoms with E-state index in [2.05, 4.69) is 65.2 Å². The van der Waals surface area contributed by atoms with E-state index in [9.17, 15) is 0 Å². The summed E-state index contributed by atoms with van der Waals surface area (Å²) in [6, 6.07) is 25.1. The second-order valence-electron chi connectivity index (χ2n) is 7.91. The largest absolute Gasteiger partial charge is 0.383 e. The van der Waals surface area contributed by atoms with Crippen molar-refractivity contribution in [2.75, 3.05) is 13.1 Å². The summed E-state index contributed by atoms with van der Waals surface area (Å²) in [4.78, 5) is 0.810. The van der Waals surface area contributed by atoms with Crippen LogP contribution in [-0.4, -0.2) is 18.9 Å². The molecule has 0 radical (unpaired) electrons. The van der Waals surface area contributed by atoms with Crippen molar-refractivity contribution in [3.63, 3.8) is 0 Å². The van der Waals surface area contributed by atoms with Crippen molar-refractivity contribution in [3.05, 3.63) is 89.5 Å². The maximum absolute atomic E-state index is 6.47. The van der Waals surface area contributed by atoms with Gasteiger partial charge in [0.15, 0.2) is 0 Å². The molecule has 4 nitrogen and oxygen atoms in total. The second-order valence-corrected chi connectivity index (χ2v) is 9.79. The molecule has 0 aliphatic carbocycles. The van der Waals surface area contributed by atoms with E-state index in [1.165, 1.54) is 24.0 Å². The van der Waals surface area contributed by atoms with Gasteiger partial charge in [-0.1, -0.05) is 66.7 Å². The first kappa shape index (κ1) is 22.0. The van der Waals surface area contributed by atoms with Crippen molar-refractivity contribution < 1.29 is 0 Å². The van der Waals surface area contributed by atoms with Crippen LogP contribution in [0.15, 0.2) is 82.5 Å². The van der Waals surface area contributed by atoms with E-state index in [-0.39, 0.29) is 0 Å². The molecule has 4 rings (SSSR count). The minimum Gasteiger partial charge on any atom is -0.383 e. The molecule has 31 heavy (non-hydrogen) atoms. The zero-order valence-electron chi connectivity index (χ0n) is 17.5. The van der Waals surface area contributed by atoms with Gasteiger partial charge in [-0.05, 0) is 60.2 Å². The quantitative estimate of drug-likeness (QED) is 0.179. The fourth-order valence-corrected chi connectivity index (χ4v) is 5.49. The molecule has 1 atom stereocenters. The highest BCUT2D eigenvalue weighted by Crippen LogP contribution is 2.36. The van der Waals surface area contributed by atoms with Crippen LogP contribution in [0, 0.1) is 0 Å². The Hall–Kier alpha value is -2.17. The van der Waals surface area contributed by atoms with E-state index in [1.807, 2.05) is 30.3 Å². The lowest BCUT2D eigenvalue weighted by atomic mass is 9.89. The second kappa shape index (κ2) is 10.4. The Morgan fingerprint density at radius 2 is 1.68 bits per heavy atom. The van der Waals surface area contributed by atoms with Crippen LogP contribution >= 0.6 is 20.9 Å². The first-order valence-corrected chi connectivity index (χ1v) is 12.6. The van der Waals surface area contributed by atoms with Crippen LogP contribution in [0.2, 0.25) is 0 Å². The maximum atomic E-state index is 6.47. The molecule has 5 N–H and O–H groups in total. The van der Waals surface area contributed by atoms with Crippen LogP contribution in [-0.2, 0) is 6.16 Å². The topological polar surface area (TPSA) is 76.4 Å². The summed E-state index contributed by atoms with van der Waals surface area (Å²) in [5.41, 5.74) is 18.4. The van der Waals surface area contributed by atoms with Crippen LogP contribution in [0.25, 0.3) is 11.1 Å². The summed E-state index contributed by atoms with van der Waals surface area (Å²) >= 11 is 4.68. The molecule has 1 aliphatic heterocycles. The molecule has 0 saturated carbocycles. The van der Waals surface area contributed by atoms with Crippen LogP contribution in [0.4, 0.5) is 0 Å². The van der Waals surface area contributed by atoms with E-state index in [4.69, 9.17) is 11.2 Å². The number of nitrogens with zero attached hydrogens (tertiary/aromatic N) is 1. The molecule has 160 valence electrons. The maximum Gasteiger partial charge on any atom is 0.132 e. The van der Waals surface area contributed by atoms with Gasteiger partial charge in [-0.15, -0.1) is 12.6 Å². The number of nitrogens with one attached hydrogen (secondary N) is 1. The first-order valence-electron chi connectivity index (χ1n) is 10.7. The van der Waals surface area contributed by atoms with Gasteiger partial charge in [0.1, 0.15) is 5.84 Å². The highest BCUT2D eigenvalue weighted by Gasteiger charge is 2.17. The molecule has 0 spiro atoms. The summed E-state index contributed by atoms with van der Waals surface area (Å²) in [6.07, 6.45) is 3.08. The zero-order valence-corrected chi connectivity index (χ0v) is 19.3. The Kier molecular flexibility index (Phi) is 7.41. The Morgan fingerprint density at radius 1 is 0.968 bits per heavy atom. The first-order chi connectivity index (χ1) is 15.1.